The predicted octanol–water partition coefficient (Wildman–Crippen LogP) is 2.01. The van der Waals surface area contributed by atoms with Gasteiger partial charge in [-0.05, 0) is 38.4 Å². The van der Waals surface area contributed by atoms with Gasteiger partial charge in [0.25, 0.3) is 0 Å². The molecule has 7 nitrogen and oxygen atoms in total. The molecule has 0 saturated carbocycles. The molecule has 8 heteroatoms. The Balaban J connectivity index is 2.02. The molecule has 20 heavy (non-hydrogen) atoms. The van der Waals surface area contributed by atoms with Crippen molar-refractivity contribution in [1.29, 1.82) is 0 Å². The van der Waals surface area contributed by atoms with Crippen molar-refractivity contribution in [3.8, 4) is 6.01 Å². The minimum atomic E-state index is -0.0252. The van der Waals surface area contributed by atoms with Crippen LogP contribution in [-0.4, -0.2) is 36.9 Å². The lowest BCUT2D eigenvalue weighted by Crippen LogP contribution is -2.24. The Morgan fingerprint density at radius 2 is 2.10 bits per heavy atom. The lowest BCUT2D eigenvalue weighted by atomic mass is 10.3. The van der Waals surface area contributed by atoms with Crippen LogP contribution in [0.25, 0.3) is 0 Å². The highest BCUT2D eigenvalue weighted by Gasteiger charge is 2.10. The monoisotopic (exact) mass is 296 g/mol. The van der Waals surface area contributed by atoms with Gasteiger partial charge in [0.15, 0.2) is 0 Å². The number of nitrogens with zero attached hydrogens (tertiary/aromatic N) is 5. The molecule has 0 aliphatic carbocycles. The van der Waals surface area contributed by atoms with Crippen molar-refractivity contribution in [2.45, 2.75) is 39.5 Å². The number of nitrogens with one attached hydrogen (secondary N) is 1. The van der Waals surface area contributed by atoms with E-state index in [9.17, 15) is 0 Å². The van der Waals surface area contributed by atoms with Crippen molar-refractivity contribution in [3.05, 3.63) is 23.7 Å². The van der Waals surface area contributed by atoms with Gasteiger partial charge in [-0.1, -0.05) is 0 Å². The second-order valence-corrected chi connectivity index (χ2v) is 4.99. The van der Waals surface area contributed by atoms with E-state index >= 15 is 0 Å². The smallest absolute Gasteiger partial charge is 0.322 e. The molecule has 1 N–H and O–H groups in total. The van der Waals surface area contributed by atoms with E-state index in [0.29, 0.717) is 12.5 Å². The average molecular weight is 297 g/mol. The van der Waals surface area contributed by atoms with Crippen LogP contribution in [0.2, 0.25) is 5.28 Å². The Morgan fingerprint density at radius 1 is 1.30 bits per heavy atom. The van der Waals surface area contributed by atoms with E-state index in [1.54, 1.807) is 6.20 Å². The van der Waals surface area contributed by atoms with Crippen LogP contribution in [0.15, 0.2) is 18.5 Å². The quantitative estimate of drug-likeness (QED) is 0.878. The third-order valence-electron chi connectivity index (χ3n) is 2.32. The van der Waals surface area contributed by atoms with Gasteiger partial charge in [-0.15, -0.1) is 0 Å². The van der Waals surface area contributed by atoms with Gasteiger partial charge in [0.1, 0.15) is 0 Å². The molecule has 2 rings (SSSR count). The van der Waals surface area contributed by atoms with Crippen LogP contribution < -0.4 is 10.1 Å². The van der Waals surface area contributed by atoms with Crippen molar-refractivity contribution in [1.82, 2.24) is 24.7 Å². The van der Waals surface area contributed by atoms with Crippen molar-refractivity contribution < 1.29 is 4.74 Å². The highest BCUT2D eigenvalue weighted by atomic mass is 35.5. The van der Waals surface area contributed by atoms with Crippen LogP contribution >= 0.6 is 11.6 Å². The number of rotatable bonds is 6. The van der Waals surface area contributed by atoms with E-state index in [4.69, 9.17) is 16.3 Å². The Kier molecular flexibility index (Phi) is 4.73. The molecule has 2 aromatic heterocycles. The zero-order valence-electron chi connectivity index (χ0n) is 11.6. The summed E-state index contributed by atoms with van der Waals surface area (Å²) in [5.41, 5.74) is 0. The van der Waals surface area contributed by atoms with Crippen LogP contribution in [0.5, 0.6) is 6.01 Å². The zero-order valence-corrected chi connectivity index (χ0v) is 12.4. The second kappa shape index (κ2) is 6.51. The maximum Gasteiger partial charge on any atom is 0.322 e. The summed E-state index contributed by atoms with van der Waals surface area (Å²) in [6.07, 6.45) is 3.61. The van der Waals surface area contributed by atoms with Gasteiger partial charge in [-0.2, -0.15) is 20.1 Å². The molecular weight excluding hydrogens is 280 g/mol. The topological polar surface area (TPSA) is 77.8 Å². The highest BCUT2D eigenvalue weighted by molar-refractivity contribution is 6.28. The Hall–Kier alpha value is -1.89. The van der Waals surface area contributed by atoms with E-state index in [1.807, 2.05) is 37.7 Å². The van der Waals surface area contributed by atoms with Gasteiger partial charge in [0, 0.05) is 18.4 Å². The van der Waals surface area contributed by atoms with Gasteiger partial charge >= 0.3 is 6.01 Å². The van der Waals surface area contributed by atoms with Crippen LogP contribution in [0.1, 0.15) is 20.8 Å². The first-order valence-corrected chi connectivity index (χ1v) is 6.73. The van der Waals surface area contributed by atoms with Gasteiger partial charge < -0.3 is 10.1 Å². The fraction of sp³-hybridized carbons (Fsp3) is 0.500. The minimum absolute atomic E-state index is 0.0252. The number of ether oxygens (including phenoxy) is 1. The molecular formula is C12H17ClN6O. The molecule has 0 aliphatic rings. The van der Waals surface area contributed by atoms with Gasteiger partial charge in [0.2, 0.25) is 11.2 Å². The van der Waals surface area contributed by atoms with Gasteiger partial charge in [0.05, 0.1) is 12.6 Å². The summed E-state index contributed by atoms with van der Waals surface area (Å²) < 4.78 is 7.24. The fourth-order valence-corrected chi connectivity index (χ4v) is 1.77. The summed E-state index contributed by atoms with van der Waals surface area (Å²) in [5, 5.41) is 7.39. The molecule has 1 atom stereocenters. The van der Waals surface area contributed by atoms with Gasteiger partial charge in [-0.25, -0.2) is 0 Å². The maximum absolute atomic E-state index is 5.86. The Labute approximate surface area is 122 Å². The summed E-state index contributed by atoms with van der Waals surface area (Å²) in [6.45, 7) is 6.48. The predicted molar refractivity (Wildman–Crippen MR) is 75.9 cm³/mol. The molecule has 0 saturated heterocycles. The third kappa shape index (κ3) is 4.34. The molecule has 0 aliphatic heterocycles. The summed E-state index contributed by atoms with van der Waals surface area (Å²) in [6, 6.07) is 2.18. The van der Waals surface area contributed by atoms with Gasteiger partial charge in [-0.3, -0.25) is 4.68 Å². The standard InChI is InChI=1S/C12H17ClN6O/c1-8(2)20-12-17-10(13)16-11(18-12)15-9(3)7-19-6-4-5-14-19/h4-6,8-9H,7H2,1-3H3,(H,15,16,17,18). The molecule has 108 valence electrons. The first-order valence-electron chi connectivity index (χ1n) is 6.35. The number of anilines is 1. The molecule has 1 unspecified atom stereocenters. The second-order valence-electron chi connectivity index (χ2n) is 4.65. The van der Waals surface area contributed by atoms with Crippen molar-refractivity contribution in [2.24, 2.45) is 0 Å². The largest absolute Gasteiger partial charge is 0.461 e. The van der Waals surface area contributed by atoms with E-state index < -0.39 is 0 Å². The Morgan fingerprint density at radius 3 is 2.75 bits per heavy atom. The summed E-state index contributed by atoms with van der Waals surface area (Å²) >= 11 is 5.86. The highest BCUT2D eigenvalue weighted by Crippen LogP contribution is 2.13. The van der Waals surface area contributed by atoms with E-state index in [2.05, 4.69) is 25.4 Å². The van der Waals surface area contributed by atoms with Crippen molar-refractivity contribution >= 4 is 17.5 Å². The first-order chi connectivity index (χ1) is 9.52. The molecule has 2 heterocycles. The molecule has 0 spiro atoms. The summed E-state index contributed by atoms with van der Waals surface area (Å²) in [7, 11) is 0. The molecule has 0 aromatic carbocycles. The van der Waals surface area contributed by atoms with Crippen LogP contribution in [-0.2, 0) is 6.54 Å². The third-order valence-corrected chi connectivity index (χ3v) is 2.49. The van der Waals surface area contributed by atoms with E-state index in [1.165, 1.54) is 0 Å². The Bertz CT molecular complexity index is 545. The SMILES string of the molecule is CC(Cn1cccn1)Nc1nc(Cl)nc(OC(C)C)n1. The fourth-order valence-electron chi connectivity index (χ4n) is 1.62. The normalized spacial score (nSPS) is 12.4. The molecule has 0 radical (unpaired) electrons. The molecule has 0 amide bonds. The number of halogens is 1. The number of hydrogen-bond acceptors (Lipinski definition) is 6. The summed E-state index contributed by atoms with van der Waals surface area (Å²) in [5.74, 6) is 0.389. The lowest BCUT2D eigenvalue weighted by Gasteiger charge is -2.14. The van der Waals surface area contributed by atoms with E-state index in [-0.39, 0.29) is 23.4 Å². The number of hydrogen-bond donors (Lipinski definition) is 1. The van der Waals surface area contributed by atoms with Crippen molar-refractivity contribution in [3.63, 3.8) is 0 Å². The lowest BCUT2D eigenvalue weighted by molar-refractivity contribution is 0.222. The molecule has 0 bridgehead atoms. The van der Waals surface area contributed by atoms with E-state index in [0.717, 1.165) is 0 Å². The van der Waals surface area contributed by atoms with Crippen LogP contribution in [0, 0.1) is 0 Å². The average Bonchev–Trinajstić information content (AvgIpc) is 2.79. The van der Waals surface area contributed by atoms with Crippen LogP contribution in [0.3, 0.4) is 0 Å². The minimum Gasteiger partial charge on any atom is -0.461 e. The molecule has 0 fully saturated rings. The van der Waals surface area contributed by atoms with Crippen molar-refractivity contribution in [2.75, 3.05) is 5.32 Å². The maximum atomic E-state index is 5.86. The number of aromatic nitrogens is 5. The van der Waals surface area contributed by atoms with Crippen LogP contribution in [0.4, 0.5) is 5.95 Å². The molecule has 2 aromatic rings. The zero-order chi connectivity index (χ0) is 14.5. The first kappa shape index (κ1) is 14.5. The summed E-state index contributed by atoms with van der Waals surface area (Å²) in [4.78, 5) is 12.1.